The zero-order valence-electron chi connectivity index (χ0n) is 8.01. The lowest BCUT2D eigenvalue weighted by Crippen LogP contribution is -2.14. The Morgan fingerprint density at radius 1 is 1.31 bits per heavy atom. The minimum Gasteiger partial charge on any atom is -0.279 e. The van der Waals surface area contributed by atoms with Gasteiger partial charge in [0, 0.05) is 19.3 Å². The molecule has 0 unspecified atom stereocenters. The molecule has 0 fully saturated rings. The quantitative estimate of drug-likeness (QED) is 0.524. The van der Waals surface area contributed by atoms with E-state index in [1.54, 1.807) is 6.20 Å². The molecule has 0 bridgehead atoms. The standard InChI is InChI=1S/C9H14N4/c1-3-13(4-2)12-11-9-7-5-6-8-10-9/h5-8H,3-4H2,1-2H3/b12-11-. The van der Waals surface area contributed by atoms with Gasteiger partial charge < -0.3 is 0 Å². The van der Waals surface area contributed by atoms with E-state index < -0.39 is 0 Å². The molecule has 1 heterocycles. The van der Waals surface area contributed by atoms with Crippen LogP contribution in [0.25, 0.3) is 0 Å². The summed E-state index contributed by atoms with van der Waals surface area (Å²) in [6, 6.07) is 5.58. The summed E-state index contributed by atoms with van der Waals surface area (Å²) in [5.74, 6) is 0.648. The maximum atomic E-state index is 4.03. The Kier molecular flexibility index (Phi) is 3.88. The van der Waals surface area contributed by atoms with E-state index >= 15 is 0 Å². The van der Waals surface area contributed by atoms with Crippen LogP contribution in [0.1, 0.15) is 13.8 Å². The molecule has 0 aliphatic heterocycles. The highest BCUT2D eigenvalue weighted by Gasteiger charge is 1.92. The molecule has 0 saturated carbocycles. The van der Waals surface area contributed by atoms with Crippen LogP contribution in [-0.4, -0.2) is 23.1 Å². The van der Waals surface area contributed by atoms with Crippen LogP contribution >= 0.6 is 0 Å². The van der Waals surface area contributed by atoms with Crippen LogP contribution < -0.4 is 0 Å². The van der Waals surface area contributed by atoms with Gasteiger partial charge in [0.1, 0.15) is 0 Å². The van der Waals surface area contributed by atoms with E-state index in [1.807, 2.05) is 37.1 Å². The van der Waals surface area contributed by atoms with Crippen molar-refractivity contribution in [3.8, 4) is 0 Å². The van der Waals surface area contributed by atoms with Crippen molar-refractivity contribution in [2.75, 3.05) is 13.1 Å². The van der Waals surface area contributed by atoms with E-state index in [2.05, 4.69) is 15.3 Å². The van der Waals surface area contributed by atoms with E-state index in [-0.39, 0.29) is 0 Å². The van der Waals surface area contributed by atoms with Crippen molar-refractivity contribution < 1.29 is 0 Å². The number of hydrogen-bond acceptors (Lipinski definition) is 3. The number of hydrogen-bond donors (Lipinski definition) is 0. The summed E-state index contributed by atoms with van der Waals surface area (Å²) in [5.41, 5.74) is 0. The van der Waals surface area contributed by atoms with E-state index in [0.29, 0.717) is 5.82 Å². The molecule has 0 N–H and O–H groups in total. The maximum Gasteiger partial charge on any atom is 0.176 e. The first kappa shape index (κ1) is 9.64. The lowest BCUT2D eigenvalue weighted by atomic mass is 10.5. The van der Waals surface area contributed by atoms with E-state index in [1.165, 1.54) is 0 Å². The molecule has 0 spiro atoms. The normalized spacial score (nSPS) is 10.6. The third kappa shape index (κ3) is 3.19. The van der Waals surface area contributed by atoms with Crippen molar-refractivity contribution in [3.05, 3.63) is 24.4 Å². The van der Waals surface area contributed by atoms with Gasteiger partial charge in [-0.1, -0.05) is 11.3 Å². The molecule has 0 radical (unpaired) electrons. The molecular weight excluding hydrogens is 164 g/mol. The van der Waals surface area contributed by atoms with E-state index in [4.69, 9.17) is 0 Å². The minimum absolute atomic E-state index is 0.648. The minimum atomic E-state index is 0.648. The molecule has 0 aromatic carbocycles. The Morgan fingerprint density at radius 2 is 2.08 bits per heavy atom. The van der Waals surface area contributed by atoms with Crippen LogP contribution in [0, 0.1) is 0 Å². The Labute approximate surface area is 78.3 Å². The van der Waals surface area contributed by atoms with Crippen molar-refractivity contribution in [1.82, 2.24) is 9.99 Å². The summed E-state index contributed by atoms with van der Waals surface area (Å²) in [7, 11) is 0. The van der Waals surface area contributed by atoms with Gasteiger partial charge in [0.15, 0.2) is 5.82 Å². The highest BCUT2D eigenvalue weighted by atomic mass is 15.5. The predicted octanol–water partition coefficient (Wildman–Crippen LogP) is 2.42. The molecule has 4 heteroatoms. The van der Waals surface area contributed by atoms with Crippen molar-refractivity contribution in [3.63, 3.8) is 0 Å². The van der Waals surface area contributed by atoms with E-state index in [9.17, 15) is 0 Å². The van der Waals surface area contributed by atoms with Crippen LogP contribution in [0.15, 0.2) is 34.7 Å². The smallest absolute Gasteiger partial charge is 0.176 e. The fourth-order valence-electron chi connectivity index (χ4n) is 0.872. The molecule has 0 atom stereocenters. The summed E-state index contributed by atoms with van der Waals surface area (Å²) in [5, 5.41) is 9.88. The first-order valence-corrected chi connectivity index (χ1v) is 4.44. The molecule has 1 rings (SSSR count). The van der Waals surface area contributed by atoms with E-state index in [0.717, 1.165) is 13.1 Å². The van der Waals surface area contributed by atoms with Gasteiger partial charge in [0.05, 0.1) is 0 Å². The van der Waals surface area contributed by atoms with Crippen molar-refractivity contribution in [1.29, 1.82) is 0 Å². The molecule has 70 valence electrons. The second-order valence-electron chi connectivity index (χ2n) is 2.52. The topological polar surface area (TPSA) is 40.9 Å². The third-order valence-electron chi connectivity index (χ3n) is 1.65. The van der Waals surface area contributed by atoms with Crippen molar-refractivity contribution in [2.24, 2.45) is 10.3 Å². The summed E-state index contributed by atoms with van der Waals surface area (Å²) in [6.45, 7) is 5.82. The fraction of sp³-hybridized carbons (Fsp3) is 0.444. The molecule has 0 amide bonds. The SMILES string of the molecule is CCN(CC)/N=N\c1ccccn1. The second-order valence-corrected chi connectivity index (χ2v) is 2.52. The van der Waals surface area contributed by atoms with Gasteiger partial charge in [-0.05, 0) is 26.0 Å². The first-order chi connectivity index (χ1) is 6.36. The molecule has 13 heavy (non-hydrogen) atoms. The molecule has 1 aromatic rings. The third-order valence-corrected chi connectivity index (χ3v) is 1.65. The summed E-state index contributed by atoms with van der Waals surface area (Å²) in [4.78, 5) is 4.03. The molecular formula is C9H14N4. The molecule has 0 aliphatic carbocycles. The first-order valence-electron chi connectivity index (χ1n) is 4.44. The molecule has 4 nitrogen and oxygen atoms in total. The molecule has 1 aromatic heterocycles. The number of rotatable bonds is 4. The number of pyridine rings is 1. The zero-order valence-corrected chi connectivity index (χ0v) is 8.01. The van der Waals surface area contributed by atoms with Crippen LogP contribution in [0.2, 0.25) is 0 Å². The van der Waals surface area contributed by atoms with Gasteiger partial charge in [-0.15, -0.1) is 5.11 Å². The Balaban J connectivity index is 2.57. The number of nitrogens with zero attached hydrogens (tertiary/aromatic N) is 4. The highest BCUT2D eigenvalue weighted by Crippen LogP contribution is 2.06. The predicted molar refractivity (Wildman–Crippen MR) is 51.7 cm³/mol. The van der Waals surface area contributed by atoms with Gasteiger partial charge in [-0.3, -0.25) is 5.01 Å². The zero-order chi connectivity index (χ0) is 9.52. The lowest BCUT2D eigenvalue weighted by molar-refractivity contribution is 0.300. The second kappa shape index (κ2) is 5.24. The van der Waals surface area contributed by atoms with Crippen molar-refractivity contribution in [2.45, 2.75) is 13.8 Å². The Hall–Kier alpha value is -1.45. The summed E-state index contributed by atoms with van der Waals surface area (Å²) < 4.78 is 0. The van der Waals surface area contributed by atoms with Crippen LogP contribution in [0.5, 0.6) is 0 Å². The highest BCUT2D eigenvalue weighted by molar-refractivity contribution is 5.23. The Bertz CT molecular complexity index is 254. The summed E-state index contributed by atoms with van der Waals surface area (Å²) >= 11 is 0. The van der Waals surface area contributed by atoms with Gasteiger partial charge in [-0.25, -0.2) is 4.98 Å². The lowest BCUT2D eigenvalue weighted by Gasteiger charge is -2.10. The van der Waals surface area contributed by atoms with Crippen molar-refractivity contribution >= 4 is 5.82 Å². The average Bonchev–Trinajstić information content (AvgIpc) is 2.21. The molecule has 0 saturated heterocycles. The largest absolute Gasteiger partial charge is 0.279 e. The number of aromatic nitrogens is 1. The monoisotopic (exact) mass is 178 g/mol. The molecule has 0 aliphatic rings. The van der Waals surface area contributed by atoms with Crippen LogP contribution in [-0.2, 0) is 0 Å². The maximum absolute atomic E-state index is 4.03. The van der Waals surface area contributed by atoms with Gasteiger partial charge in [0.2, 0.25) is 0 Å². The van der Waals surface area contributed by atoms with Crippen LogP contribution in [0.3, 0.4) is 0 Å². The summed E-state index contributed by atoms with van der Waals surface area (Å²) in [6.07, 6.45) is 1.70. The fourth-order valence-corrected chi connectivity index (χ4v) is 0.872. The van der Waals surface area contributed by atoms with Gasteiger partial charge in [0.25, 0.3) is 0 Å². The average molecular weight is 178 g/mol. The van der Waals surface area contributed by atoms with Gasteiger partial charge in [-0.2, -0.15) is 0 Å². The Morgan fingerprint density at radius 3 is 2.62 bits per heavy atom. The van der Waals surface area contributed by atoms with Crippen LogP contribution in [0.4, 0.5) is 5.82 Å². The van der Waals surface area contributed by atoms with Gasteiger partial charge >= 0.3 is 0 Å².